The van der Waals surface area contributed by atoms with Crippen molar-refractivity contribution in [2.45, 2.75) is 37.9 Å². The molecular formula is C12H14ClF3N4O. The number of methoxy groups -OCH3 is 1. The second kappa shape index (κ2) is 5.67. The standard InChI is InChI=1S/C12H14ClF3N4O/c1-6(4-12(14,15)16)20-9(7(2)13)19-8-10(20)17-5-18-11(8)21-3/h5-7H,4H2,1-3H3. The van der Waals surface area contributed by atoms with Gasteiger partial charge in [-0.3, -0.25) is 0 Å². The fourth-order valence-corrected chi connectivity index (χ4v) is 2.35. The lowest BCUT2D eigenvalue weighted by Crippen LogP contribution is -2.18. The zero-order valence-corrected chi connectivity index (χ0v) is 12.4. The van der Waals surface area contributed by atoms with Crippen molar-refractivity contribution >= 4 is 22.8 Å². The molecule has 116 valence electrons. The van der Waals surface area contributed by atoms with Crippen LogP contribution in [0.3, 0.4) is 0 Å². The van der Waals surface area contributed by atoms with Crippen LogP contribution in [0.25, 0.3) is 11.2 Å². The van der Waals surface area contributed by atoms with Crippen molar-refractivity contribution in [3.8, 4) is 5.88 Å². The van der Waals surface area contributed by atoms with Gasteiger partial charge in [-0.15, -0.1) is 11.6 Å². The molecule has 0 fully saturated rings. The third kappa shape index (κ3) is 3.20. The van der Waals surface area contributed by atoms with Crippen molar-refractivity contribution < 1.29 is 17.9 Å². The van der Waals surface area contributed by atoms with Crippen molar-refractivity contribution in [1.82, 2.24) is 19.5 Å². The van der Waals surface area contributed by atoms with E-state index in [1.54, 1.807) is 6.92 Å². The molecule has 0 amide bonds. The maximum absolute atomic E-state index is 12.7. The van der Waals surface area contributed by atoms with Gasteiger partial charge in [0, 0.05) is 6.04 Å². The van der Waals surface area contributed by atoms with E-state index >= 15 is 0 Å². The first-order chi connectivity index (χ1) is 9.74. The molecular weight excluding hydrogens is 309 g/mol. The van der Waals surface area contributed by atoms with Gasteiger partial charge in [-0.25, -0.2) is 9.97 Å². The molecule has 0 aromatic carbocycles. The van der Waals surface area contributed by atoms with Crippen LogP contribution in [-0.4, -0.2) is 32.8 Å². The van der Waals surface area contributed by atoms with Crippen molar-refractivity contribution in [2.75, 3.05) is 7.11 Å². The van der Waals surface area contributed by atoms with Gasteiger partial charge < -0.3 is 9.30 Å². The lowest BCUT2D eigenvalue weighted by molar-refractivity contribution is -0.141. The predicted octanol–water partition coefficient (Wildman–Crippen LogP) is 3.65. The lowest BCUT2D eigenvalue weighted by atomic mass is 10.2. The van der Waals surface area contributed by atoms with Crippen LogP contribution in [0.2, 0.25) is 0 Å². The number of ether oxygens (including phenoxy) is 1. The van der Waals surface area contributed by atoms with Crippen molar-refractivity contribution in [3.05, 3.63) is 12.2 Å². The summed E-state index contributed by atoms with van der Waals surface area (Å²) in [7, 11) is 1.41. The monoisotopic (exact) mass is 322 g/mol. The first kappa shape index (κ1) is 15.8. The largest absolute Gasteiger partial charge is 0.479 e. The third-order valence-electron chi connectivity index (χ3n) is 2.99. The Morgan fingerprint density at radius 1 is 1.33 bits per heavy atom. The zero-order valence-electron chi connectivity index (χ0n) is 11.6. The Morgan fingerprint density at radius 3 is 2.52 bits per heavy atom. The van der Waals surface area contributed by atoms with Gasteiger partial charge in [0.25, 0.3) is 0 Å². The summed E-state index contributed by atoms with van der Waals surface area (Å²) in [5, 5.41) is -0.570. The molecule has 5 nitrogen and oxygen atoms in total. The van der Waals surface area contributed by atoms with Gasteiger partial charge >= 0.3 is 6.18 Å². The molecule has 0 N–H and O–H groups in total. The third-order valence-corrected chi connectivity index (χ3v) is 3.18. The normalized spacial score (nSPS) is 15.2. The van der Waals surface area contributed by atoms with Crippen LogP contribution in [-0.2, 0) is 0 Å². The van der Waals surface area contributed by atoms with E-state index in [0.717, 1.165) is 0 Å². The Morgan fingerprint density at radius 2 is 2.00 bits per heavy atom. The Hall–Kier alpha value is -1.57. The van der Waals surface area contributed by atoms with E-state index < -0.39 is 24.0 Å². The minimum atomic E-state index is -4.29. The molecule has 2 atom stereocenters. The van der Waals surface area contributed by atoms with Crippen LogP contribution in [0.15, 0.2) is 6.33 Å². The summed E-state index contributed by atoms with van der Waals surface area (Å²) in [6, 6.07) is -0.884. The highest BCUT2D eigenvalue weighted by Crippen LogP contribution is 2.34. The summed E-state index contributed by atoms with van der Waals surface area (Å²) < 4.78 is 44.4. The van der Waals surface area contributed by atoms with Gasteiger partial charge in [0.1, 0.15) is 12.2 Å². The second-order valence-corrected chi connectivity index (χ2v) is 5.33. The van der Waals surface area contributed by atoms with E-state index in [4.69, 9.17) is 16.3 Å². The molecule has 2 aromatic heterocycles. The molecule has 2 unspecified atom stereocenters. The van der Waals surface area contributed by atoms with E-state index in [-0.39, 0.29) is 11.5 Å². The molecule has 0 aliphatic heterocycles. The highest BCUT2D eigenvalue weighted by atomic mass is 35.5. The van der Waals surface area contributed by atoms with E-state index in [1.807, 2.05) is 0 Å². The van der Waals surface area contributed by atoms with E-state index in [0.29, 0.717) is 11.3 Å². The highest BCUT2D eigenvalue weighted by molar-refractivity contribution is 6.20. The van der Waals surface area contributed by atoms with E-state index in [2.05, 4.69) is 15.0 Å². The van der Waals surface area contributed by atoms with Gasteiger partial charge in [-0.05, 0) is 13.8 Å². The summed E-state index contributed by atoms with van der Waals surface area (Å²) in [6.07, 6.45) is -4.07. The molecule has 21 heavy (non-hydrogen) atoms. The summed E-state index contributed by atoms with van der Waals surface area (Å²) in [5.74, 6) is 0.513. The number of hydrogen-bond donors (Lipinski definition) is 0. The van der Waals surface area contributed by atoms with Gasteiger partial charge in [0.05, 0.1) is 18.9 Å². The average Bonchev–Trinajstić information content (AvgIpc) is 2.75. The number of rotatable bonds is 4. The topological polar surface area (TPSA) is 52.8 Å². The number of fused-ring (bicyclic) bond motifs is 1. The molecule has 0 saturated carbocycles. The van der Waals surface area contributed by atoms with Crippen LogP contribution in [0, 0.1) is 0 Å². The van der Waals surface area contributed by atoms with E-state index in [9.17, 15) is 13.2 Å². The Labute approximate surface area is 124 Å². The van der Waals surface area contributed by atoms with Crippen LogP contribution in [0.1, 0.15) is 37.5 Å². The lowest BCUT2D eigenvalue weighted by Gasteiger charge is -2.19. The van der Waals surface area contributed by atoms with Crippen molar-refractivity contribution in [2.24, 2.45) is 0 Å². The van der Waals surface area contributed by atoms with Crippen LogP contribution < -0.4 is 4.74 Å². The van der Waals surface area contributed by atoms with Gasteiger partial charge in [0.15, 0.2) is 11.2 Å². The number of alkyl halides is 4. The molecule has 2 heterocycles. The quantitative estimate of drug-likeness (QED) is 0.806. The molecule has 0 saturated heterocycles. The SMILES string of the molecule is COc1ncnc2c1nc(C(C)Cl)n2C(C)CC(F)(F)F. The predicted molar refractivity (Wildman–Crippen MR) is 71.5 cm³/mol. The summed E-state index contributed by atoms with van der Waals surface area (Å²) >= 11 is 6.04. The zero-order chi connectivity index (χ0) is 15.8. The number of hydrogen-bond acceptors (Lipinski definition) is 4. The molecule has 0 aliphatic rings. The van der Waals surface area contributed by atoms with Crippen LogP contribution in [0.4, 0.5) is 13.2 Å². The minimum absolute atomic E-state index is 0.205. The highest BCUT2D eigenvalue weighted by Gasteiger charge is 2.33. The first-order valence-corrected chi connectivity index (χ1v) is 6.66. The maximum Gasteiger partial charge on any atom is 0.391 e. The smallest absolute Gasteiger partial charge is 0.391 e. The summed E-state index contributed by atoms with van der Waals surface area (Å²) in [4.78, 5) is 12.2. The Bertz CT molecular complexity index is 641. The van der Waals surface area contributed by atoms with Gasteiger partial charge in [-0.1, -0.05) is 0 Å². The van der Waals surface area contributed by atoms with Crippen LogP contribution in [0.5, 0.6) is 5.88 Å². The second-order valence-electron chi connectivity index (χ2n) is 4.68. The molecule has 2 aromatic rings. The number of nitrogens with zero attached hydrogens (tertiary/aromatic N) is 4. The fraction of sp³-hybridized carbons (Fsp3) is 0.583. The number of halogens is 4. The van der Waals surface area contributed by atoms with Crippen molar-refractivity contribution in [3.63, 3.8) is 0 Å². The molecule has 0 bridgehead atoms. The maximum atomic E-state index is 12.7. The molecule has 9 heteroatoms. The first-order valence-electron chi connectivity index (χ1n) is 6.22. The Balaban J connectivity index is 2.62. The number of aromatic nitrogens is 4. The molecule has 0 spiro atoms. The minimum Gasteiger partial charge on any atom is -0.479 e. The Kier molecular flexibility index (Phi) is 4.27. The average molecular weight is 323 g/mol. The van der Waals surface area contributed by atoms with Crippen molar-refractivity contribution in [1.29, 1.82) is 0 Å². The van der Waals surface area contributed by atoms with Crippen LogP contribution >= 0.6 is 11.6 Å². The summed E-state index contributed by atoms with van der Waals surface area (Å²) in [5.41, 5.74) is 0.581. The van der Waals surface area contributed by atoms with E-state index in [1.165, 1.54) is 24.9 Å². The fourth-order valence-electron chi connectivity index (χ4n) is 2.20. The van der Waals surface area contributed by atoms with Gasteiger partial charge in [0.2, 0.25) is 5.88 Å². The summed E-state index contributed by atoms with van der Waals surface area (Å²) in [6.45, 7) is 3.09. The van der Waals surface area contributed by atoms with Gasteiger partial charge in [-0.2, -0.15) is 18.2 Å². The molecule has 0 aliphatic carbocycles. The molecule has 2 rings (SSSR count). The number of imidazole rings is 1. The molecule has 0 radical (unpaired) electrons.